The van der Waals surface area contributed by atoms with Gasteiger partial charge in [-0.15, -0.1) is 0 Å². The lowest BCUT2D eigenvalue weighted by molar-refractivity contribution is 0.404. The first-order valence-electron chi connectivity index (χ1n) is 5.88. The molecular weight excluding hydrogens is 240 g/mol. The van der Waals surface area contributed by atoms with Crippen LogP contribution in [0.25, 0.3) is 32.6 Å². The fourth-order valence-corrected chi connectivity index (χ4v) is 2.61. The third-order valence-corrected chi connectivity index (χ3v) is 3.43. The van der Waals surface area contributed by atoms with Crippen LogP contribution in [-0.2, 0) is 0 Å². The molecule has 0 bridgehead atoms. The van der Waals surface area contributed by atoms with Crippen molar-refractivity contribution in [1.82, 2.24) is 15.0 Å². The van der Waals surface area contributed by atoms with Crippen molar-refractivity contribution in [1.29, 1.82) is 0 Å². The highest BCUT2D eigenvalue weighted by atomic mass is 16.5. The van der Waals surface area contributed by atoms with Gasteiger partial charge in [-0.1, -0.05) is 0 Å². The maximum atomic E-state index is 6.01. The molecule has 0 atom stereocenters. The Kier molecular flexibility index (Phi) is 1.84. The van der Waals surface area contributed by atoms with Crippen molar-refractivity contribution in [3.05, 3.63) is 30.6 Å². The van der Waals surface area contributed by atoms with Crippen molar-refractivity contribution in [2.45, 2.75) is 0 Å². The fraction of sp³-hybridized carbons (Fsp3) is 0.0714. The van der Waals surface area contributed by atoms with Crippen molar-refractivity contribution in [3.8, 4) is 5.88 Å². The molecule has 0 fully saturated rings. The van der Waals surface area contributed by atoms with Gasteiger partial charge in [-0.25, -0.2) is 9.97 Å². The Morgan fingerprint density at radius 2 is 1.63 bits per heavy atom. The van der Waals surface area contributed by atoms with E-state index in [9.17, 15) is 0 Å². The highest BCUT2D eigenvalue weighted by molar-refractivity contribution is 6.24. The van der Waals surface area contributed by atoms with Gasteiger partial charge in [0.05, 0.1) is 18.1 Å². The summed E-state index contributed by atoms with van der Waals surface area (Å²) >= 11 is 0. The molecule has 5 nitrogen and oxygen atoms in total. The zero-order valence-corrected chi connectivity index (χ0v) is 10.2. The summed E-state index contributed by atoms with van der Waals surface area (Å²) in [4.78, 5) is 12.9. The molecule has 0 saturated carbocycles. The number of methoxy groups -OCH3 is 1. The highest BCUT2D eigenvalue weighted by Gasteiger charge is 2.15. The first kappa shape index (κ1) is 10.3. The summed E-state index contributed by atoms with van der Waals surface area (Å²) in [5.74, 6) is 0.992. The summed E-state index contributed by atoms with van der Waals surface area (Å²) in [7, 11) is 1.59. The normalized spacial score (nSPS) is 11.6. The molecule has 92 valence electrons. The lowest BCUT2D eigenvalue weighted by Crippen LogP contribution is -1.98. The molecule has 4 aromatic rings. The van der Waals surface area contributed by atoms with Crippen molar-refractivity contribution < 1.29 is 4.74 Å². The number of rotatable bonds is 1. The Morgan fingerprint density at radius 1 is 0.947 bits per heavy atom. The predicted octanol–water partition coefficient (Wildman–Crippen LogP) is 2.36. The van der Waals surface area contributed by atoms with E-state index in [1.54, 1.807) is 13.4 Å². The summed E-state index contributed by atoms with van der Waals surface area (Å²) in [6, 6.07) is 7.80. The van der Waals surface area contributed by atoms with Gasteiger partial charge in [0.1, 0.15) is 12.1 Å². The van der Waals surface area contributed by atoms with E-state index in [0.717, 1.165) is 32.6 Å². The van der Waals surface area contributed by atoms with Crippen LogP contribution in [0, 0.1) is 0 Å². The van der Waals surface area contributed by atoms with Crippen LogP contribution >= 0.6 is 0 Å². The van der Waals surface area contributed by atoms with Crippen molar-refractivity contribution in [3.63, 3.8) is 0 Å². The zero-order valence-electron chi connectivity index (χ0n) is 10.2. The Hall–Kier alpha value is -2.69. The smallest absolute Gasteiger partial charge is 0.223 e. The number of nitrogen functional groups attached to an aromatic ring is 1. The van der Waals surface area contributed by atoms with Gasteiger partial charge in [0.25, 0.3) is 0 Å². The summed E-state index contributed by atoms with van der Waals surface area (Å²) in [5.41, 5.74) is 7.81. The van der Waals surface area contributed by atoms with E-state index < -0.39 is 0 Å². The number of nitrogens with two attached hydrogens (primary N) is 1. The van der Waals surface area contributed by atoms with Gasteiger partial charge in [0.2, 0.25) is 5.88 Å². The number of hydrogen-bond donors (Lipinski definition) is 1. The Bertz CT molecular complexity index is 904. The molecule has 2 N–H and O–H groups in total. The minimum Gasteiger partial charge on any atom is -0.480 e. The van der Waals surface area contributed by atoms with E-state index in [4.69, 9.17) is 10.5 Å². The first-order chi connectivity index (χ1) is 9.29. The van der Waals surface area contributed by atoms with Crippen LogP contribution in [-0.4, -0.2) is 22.1 Å². The Balaban J connectivity index is 2.41. The van der Waals surface area contributed by atoms with Crippen molar-refractivity contribution >= 4 is 38.4 Å². The lowest BCUT2D eigenvalue weighted by atomic mass is 10.00. The molecule has 0 aliphatic rings. The van der Waals surface area contributed by atoms with E-state index in [0.29, 0.717) is 11.7 Å². The summed E-state index contributed by atoms with van der Waals surface area (Å²) in [6.07, 6.45) is 1.57. The van der Waals surface area contributed by atoms with Gasteiger partial charge in [0.15, 0.2) is 0 Å². The number of anilines is 1. The van der Waals surface area contributed by atoms with Crippen LogP contribution in [0.2, 0.25) is 0 Å². The molecular formula is C14H10N4O. The van der Waals surface area contributed by atoms with Crippen LogP contribution in [0.15, 0.2) is 30.6 Å². The fourth-order valence-electron chi connectivity index (χ4n) is 2.61. The zero-order chi connectivity index (χ0) is 13.0. The van der Waals surface area contributed by atoms with Crippen molar-refractivity contribution in [2.75, 3.05) is 12.8 Å². The van der Waals surface area contributed by atoms with Crippen LogP contribution in [0.4, 0.5) is 5.82 Å². The minimum atomic E-state index is 0.461. The molecule has 0 radical (unpaired) electrons. The molecule has 0 aliphatic carbocycles. The number of hydrogen-bond acceptors (Lipinski definition) is 5. The van der Waals surface area contributed by atoms with Gasteiger partial charge in [-0.2, -0.15) is 4.98 Å². The van der Waals surface area contributed by atoms with Crippen LogP contribution in [0.5, 0.6) is 5.88 Å². The van der Waals surface area contributed by atoms with Crippen LogP contribution < -0.4 is 10.5 Å². The Morgan fingerprint density at radius 3 is 2.32 bits per heavy atom. The molecule has 2 aromatic heterocycles. The van der Waals surface area contributed by atoms with Crippen molar-refractivity contribution in [2.24, 2.45) is 0 Å². The van der Waals surface area contributed by atoms with E-state index in [1.165, 1.54) is 0 Å². The second-order valence-corrected chi connectivity index (χ2v) is 4.39. The maximum Gasteiger partial charge on any atom is 0.223 e. The quantitative estimate of drug-likeness (QED) is 0.525. The second kappa shape index (κ2) is 3.41. The number of ether oxygens (including phenoxy) is 1. The topological polar surface area (TPSA) is 73.9 Å². The van der Waals surface area contributed by atoms with Gasteiger partial charge < -0.3 is 10.5 Å². The van der Waals surface area contributed by atoms with Gasteiger partial charge in [0, 0.05) is 21.5 Å². The highest BCUT2D eigenvalue weighted by Crippen LogP contribution is 2.38. The molecule has 2 aromatic carbocycles. The number of pyridine rings is 1. The van der Waals surface area contributed by atoms with E-state index in [2.05, 4.69) is 15.0 Å². The average molecular weight is 250 g/mol. The van der Waals surface area contributed by atoms with Crippen LogP contribution in [0.3, 0.4) is 0 Å². The van der Waals surface area contributed by atoms with Gasteiger partial charge in [-0.3, -0.25) is 0 Å². The number of benzene rings is 2. The molecule has 0 amide bonds. The maximum absolute atomic E-state index is 6.01. The molecule has 0 aliphatic heterocycles. The van der Waals surface area contributed by atoms with Gasteiger partial charge in [-0.05, 0) is 24.3 Å². The van der Waals surface area contributed by atoms with E-state index in [1.807, 2.05) is 24.3 Å². The summed E-state index contributed by atoms with van der Waals surface area (Å²) in [5, 5.41) is 3.85. The molecule has 19 heavy (non-hydrogen) atoms. The molecule has 0 unspecified atom stereocenters. The average Bonchev–Trinajstić information content (AvgIpc) is 2.46. The van der Waals surface area contributed by atoms with Crippen LogP contribution in [0.1, 0.15) is 0 Å². The number of nitrogens with zero attached hydrogens (tertiary/aromatic N) is 3. The molecule has 5 heteroatoms. The van der Waals surface area contributed by atoms with E-state index >= 15 is 0 Å². The first-order valence-corrected chi connectivity index (χ1v) is 5.88. The van der Waals surface area contributed by atoms with E-state index in [-0.39, 0.29) is 0 Å². The molecule has 0 saturated heterocycles. The molecule has 0 spiro atoms. The predicted molar refractivity (Wildman–Crippen MR) is 74.5 cm³/mol. The summed E-state index contributed by atoms with van der Waals surface area (Å²) in [6.45, 7) is 0. The second-order valence-electron chi connectivity index (χ2n) is 4.39. The Labute approximate surface area is 108 Å². The largest absolute Gasteiger partial charge is 0.480 e. The molecule has 2 heterocycles. The third kappa shape index (κ3) is 1.21. The third-order valence-electron chi connectivity index (χ3n) is 3.43. The molecule has 4 rings (SSSR count). The minimum absolute atomic E-state index is 0.461. The van der Waals surface area contributed by atoms with Gasteiger partial charge >= 0.3 is 0 Å². The SMILES string of the molecule is COc1nc(N)c2ccc3ncnc4ccc1c2c34. The monoisotopic (exact) mass is 250 g/mol. The summed E-state index contributed by atoms with van der Waals surface area (Å²) < 4.78 is 5.32. The lowest BCUT2D eigenvalue weighted by Gasteiger charge is -2.12. The standard InChI is InChI=1S/C14H10N4O/c1-19-14-8-3-5-10-12-9(16-6-17-10)4-2-7(11(8)12)13(15)18-14/h2-6H,1H3,(H2,15,18). The number of aromatic nitrogens is 3.